The van der Waals surface area contributed by atoms with E-state index in [2.05, 4.69) is 11.9 Å². The van der Waals surface area contributed by atoms with Gasteiger partial charge in [-0.1, -0.05) is 31.5 Å². The number of hydrogen-bond acceptors (Lipinski definition) is 2. The van der Waals surface area contributed by atoms with Crippen LogP contribution >= 0.6 is 0 Å². The van der Waals surface area contributed by atoms with Gasteiger partial charge in [-0.2, -0.15) is 0 Å². The van der Waals surface area contributed by atoms with Gasteiger partial charge in [0.15, 0.2) is 0 Å². The average Bonchev–Trinajstić information content (AvgIpc) is 2.69. The van der Waals surface area contributed by atoms with Gasteiger partial charge in [0.2, 0.25) is 5.91 Å². The maximum absolute atomic E-state index is 12.3. The Morgan fingerprint density at radius 1 is 1.30 bits per heavy atom. The van der Waals surface area contributed by atoms with Crippen molar-refractivity contribution in [2.45, 2.75) is 32.6 Å². The van der Waals surface area contributed by atoms with Crippen LogP contribution in [0.15, 0.2) is 30.3 Å². The Hall–Kier alpha value is -1.35. The second kappa shape index (κ2) is 7.44. The molecule has 1 aliphatic rings. The zero-order chi connectivity index (χ0) is 14.4. The standard InChI is InChI=1S/C17H26N2O/c1-3-17(20)19(16-10-5-4-6-11-16)14-15-9-7-8-12-18(2)13-15/h4-6,10-11,15H,3,7-9,12-14H2,1-2H3. The molecule has 0 saturated carbocycles. The van der Waals surface area contributed by atoms with E-state index >= 15 is 0 Å². The van der Waals surface area contributed by atoms with Crippen molar-refractivity contribution in [2.24, 2.45) is 5.92 Å². The molecule has 3 heteroatoms. The molecule has 2 rings (SSSR count). The number of amides is 1. The molecule has 0 aromatic heterocycles. The highest BCUT2D eigenvalue weighted by Gasteiger charge is 2.22. The third-order valence-corrected chi connectivity index (χ3v) is 4.08. The molecule has 0 bridgehead atoms. The van der Waals surface area contributed by atoms with Crippen LogP contribution in [0.4, 0.5) is 5.69 Å². The summed E-state index contributed by atoms with van der Waals surface area (Å²) in [5.74, 6) is 0.807. The number of benzene rings is 1. The number of anilines is 1. The first-order valence-corrected chi connectivity index (χ1v) is 7.74. The molecule has 1 amide bonds. The van der Waals surface area contributed by atoms with E-state index in [9.17, 15) is 4.79 Å². The summed E-state index contributed by atoms with van der Waals surface area (Å²) in [7, 11) is 2.19. The van der Waals surface area contributed by atoms with Gasteiger partial charge in [0.25, 0.3) is 0 Å². The molecule has 20 heavy (non-hydrogen) atoms. The van der Waals surface area contributed by atoms with Crippen LogP contribution < -0.4 is 4.90 Å². The van der Waals surface area contributed by atoms with Crippen molar-refractivity contribution in [1.82, 2.24) is 4.90 Å². The van der Waals surface area contributed by atoms with Crippen LogP contribution in [0, 0.1) is 5.92 Å². The highest BCUT2D eigenvalue weighted by atomic mass is 16.2. The number of carbonyl (C=O) groups is 1. The zero-order valence-electron chi connectivity index (χ0n) is 12.7. The molecule has 0 spiro atoms. The molecule has 0 aliphatic carbocycles. The summed E-state index contributed by atoms with van der Waals surface area (Å²) < 4.78 is 0. The molecule has 0 radical (unpaired) electrons. The van der Waals surface area contributed by atoms with Crippen LogP contribution in [-0.2, 0) is 4.79 Å². The second-order valence-electron chi connectivity index (χ2n) is 5.82. The average molecular weight is 274 g/mol. The minimum Gasteiger partial charge on any atom is -0.312 e. The first-order valence-electron chi connectivity index (χ1n) is 7.74. The van der Waals surface area contributed by atoms with Crippen LogP contribution in [0.1, 0.15) is 32.6 Å². The topological polar surface area (TPSA) is 23.6 Å². The molecule has 3 nitrogen and oxygen atoms in total. The Morgan fingerprint density at radius 3 is 2.75 bits per heavy atom. The van der Waals surface area contributed by atoms with Gasteiger partial charge in [-0.3, -0.25) is 4.79 Å². The fourth-order valence-corrected chi connectivity index (χ4v) is 3.00. The van der Waals surface area contributed by atoms with Crippen molar-refractivity contribution < 1.29 is 4.79 Å². The van der Waals surface area contributed by atoms with Gasteiger partial charge in [-0.15, -0.1) is 0 Å². The van der Waals surface area contributed by atoms with Crippen LogP contribution in [0.25, 0.3) is 0 Å². The molecule has 1 unspecified atom stereocenters. The zero-order valence-corrected chi connectivity index (χ0v) is 12.7. The summed E-state index contributed by atoms with van der Waals surface area (Å²) in [6.45, 7) is 5.07. The van der Waals surface area contributed by atoms with Crippen LogP contribution in [-0.4, -0.2) is 37.5 Å². The lowest BCUT2D eigenvalue weighted by molar-refractivity contribution is -0.118. The van der Waals surface area contributed by atoms with Gasteiger partial charge in [0, 0.05) is 25.2 Å². The van der Waals surface area contributed by atoms with Gasteiger partial charge in [-0.05, 0) is 44.5 Å². The minimum atomic E-state index is 0.225. The summed E-state index contributed by atoms with van der Waals surface area (Å²) >= 11 is 0. The molecule has 1 fully saturated rings. The third-order valence-electron chi connectivity index (χ3n) is 4.08. The predicted molar refractivity (Wildman–Crippen MR) is 83.9 cm³/mol. The fourth-order valence-electron chi connectivity index (χ4n) is 3.00. The van der Waals surface area contributed by atoms with Gasteiger partial charge in [0.05, 0.1) is 0 Å². The lowest BCUT2D eigenvalue weighted by atomic mass is 10.0. The Kier molecular flexibility index (Phi) is 5.60. The van der Waals surface area contributed by atoms with Crippen molar-refractivity contribution in [3.05, 3.63) is 30.3 Å². The van der Waals surface area contributed by atoms with E-state index in [0.29, 0.717) is 12.3 Å². The van der Waals surface area contributed by atoms with E-state index in [1.807, 2.05) is 42.2 Å². The van der Waals surface area contributed by atoms with E-state index in [4.69, 9.17) is 0 Å². The Labute approximate surface area is 122 Å². The largest absolute Gasteiger partial charge is 0.312 e. The number of likely N-dealkylation sites (tertiary alicyclic amines) is 1. The first kappa shape index (κ1) is 15.0. The maximum atomic E-state index is 12.3. The van der Waals surface area contributed by atoms with Crippen LogP contribution in [0.5, 0.6) is 0 Å². The smallest absolute Gasteiger partial charge is 0.226 e. The molecular weight excluding hydrogens is 248 g/mol. The number of hydrogen-bond donors (Lipinski definition) is 0. The van der Waals surface area contributed by atoms with E-state index in [1.165, 1.54) is 25.8 Å². The lowest BCUT2D eigenvalue weighted by Crippen LogP contribution is -2.38. The Bertz CT molecular complexity index is 418. The molecular formula is C17H26N2O. The van der Waals surface area contributed by atoms with Crippen LogP contribution in [0.2, 0.25) is 0 Å². The predicted octanol–water partition coefficient (Wildman–Crippen LogP) is 3.16. The highest BCUT2D eigenvalue weighted by molar-refractivity contribution is 5.93. The van der Waals surface area contributed by atoms with Crippen molar-refractivity contribution in [3.63, 3.8) is 0 Å². The molecule has 0 N–H and O–H groups in total. The maximum Gasteiger partial charge on any atom is 0.226 e. The first-order chi connectivity index (χ1) is 9.70. The summed E-state index contributed by atoms with van der Waals surface area (Å²) in [6.07, 6.45) is 4.35. The molecule has 110 valence electrons. The molecule has 1 aliphatic heterocycles. The minimum absolute atomic E-state index is 0.225. The van der Waals surface area contributed by atoms with Gasteiger partial charge >= 0.3 is 0 Å². The number of rotatable bonds is 4. The van der Waals surface area contributed by atoms with Gasteiger partial charge in [0.1, 0.15) is 0 Å². The van der Waals surface area contributed by atoms with Crippen molar-refractivity contribution >= 4 is 11.6 Å². The van der Waals surface area contributed by atoms with Crippen molar-refractivity contribution in [3.8, 4) is 0 Å². The monoisotopic (exact) mass is 274 g/mol. The summed E-state index contributed by atoms with van der Waals surface area (Å²) in [6, 6.07) is 10.1. The van der Waals surface area contributed by atoms with E-state index < -0.39 is 0 Å². The quantitative estimate of drug-likeness (QED) is 0.842. The van der Waals surface area contributed by atoms with E-state index in [-0.39, 0.29) is 5.91 Å². The molecule has 1 atom stereocenters. The van der Waals surface area contributed by atoms with Crippen molar-refractivity contribution in [1.29, 1.82) is 0 Å². The Morgan fingerprint density at radius 2 is 2.05 bits per heavy atom. The van der Waals surface area contributed by atoms with Gasteiger partial charge < -0.3 is 9.80 Å². The highest BCUT2D eigenvalue weighted by Crippen LogP contribution is 2.21. The number of para-hydroxylation sites is 1. The molecule has 1 aromatic rings. The molecule has 1 aromatic carbocycles. The number of carbonyl (C=O) groups excluding carboxylic acids is 1. The second-order valence-corrected chi connectivity index (χ2v) is 5.82. The van der Waals surface area contributed by atoms with Crippen LogP contribution in [0.3, 0.4) is 0 Å². The molecule has 1 saturated heterocycles. The van der Waals surface area contributed by atoms with Gasteiger partial charge in [-0.25, -0.2) is 0 Å². The fraction of sp³-hybridized carbons (Fsp3) is 0.588. The van der Waals surface area contributed by atoms with Crippen molar-refractivity contribution in [2.75, 3.05) is 31.6 Å². The summed E-state index contributed by atoms with van der Waals surface area (Å²) in [5.41, 5.74) is 1.03. The SMILES string of the molecule is CCC(=O)N(CC1CCCCN(C)C1)c1ccccc1. The summed E-state index contributed by atoms with van der Waals surface area (Å²) in [4.78, 5) is 16.6. The Balaban J connectivity index is 2.09. The van der Waals surface area contributed by atoms with E-state index in [0.717, 1.165) is 18.8 Å². The normalized spacial score (nSPS) is 20.4. The third kappa shape index (κ3) is 4.07. The lowest BCUT2D eigenvalue weighted by Gasteiger charge is -2.28. The molecule has 1 heterocycles. The summed E-state index contributed by atoms with van der Waals surface area (Å²) in [5, 5.41) is 0. The van der Waals surface area contributed by atoms with E-state index in [1.54, 1.807) is 0 Å². The number of nitrogens with zero attached hydrogens (tertiary/aromatic N) is 2.